The third-order valence-electron chi connectivity index (χ3n) is 7.81. The van der Waals surface area contributed by atoms with Crippen molar-refractivity contribution in [2.75, 3.05) is 7.11 Å². The molecule has 8 nitrogen and oxygen atoms in total. The molecule has 1 aromatic rings. The predicted octanol–water partition coefficient (Wildman–Crippen LogP) is 3.00. The smallest absolute Gasteiger partial charge is 0.310 e. The van der Waals surface area contributed by atoms with Crippen molar-refractivity contribution in [2.45, 2.75) is 58.7 Å². The first-order valence-corrected chi connectivity index (χ1v) is 10.6. The molecule has 2 aliphatic carbocycles. The minimum absolute atomic E-state index is 0.0917. The maximum Gasteiger partial charge on any atom is 0.310 e. The van der Waals surface area contributed by atoms with Crippen molar-refractivity contribution >= 4 is 23.7 Å². The monoisotopic (exact) mass is 432 g/mol. The van der Waals surface area contributed by atoms with Crippen molar-refractivity contribution in [3.05, 3.63) is 24.2 Å². The molecule has 3 aliphatic rings. The number of carbonyl (C=O) groups excluding carboxylic acids is 4. The maximum absolute atomic E-state index is 13.7. The van der Waals surface area contributed by atoms with Crippen LogP contribution in [0.4, 0.5) is 0 Å². The molecule has 8 heteroatoms. The van der Waals surface area contributed by atoms with Crippen LogP contribution in [0.2, 0.25) is 0 Å². The summed E-state index contributed by atoms with van der Waals surface area (Å²) in [5, 5.41) is 0. The summed E-state index contributed by atoms with van der Waals surface area (Å²) in [5.74, 6) is -3.35. The first kappa shape index (κ1) is 21.6. The van der Waals surface area contributed by atoms with E-state index in [1.54, 1.807) is 6.07 Å². The normalized spacial score (nSPS) is 39.7. The summed E-state index contributed by atoms with van der Waals surface area (Å²) < 4.78 is 21.3. The minimum Gasteiger partial charge on any atom is -0.472 e. The van der Waals surface area contributed by atoms with Crippen molar-refractivity contribution in [1.82, 2.24) is 0 Å². The van der Waals surface area contributed by atoms with E-state index in [-0.39, 0.29) is 18.2 Å². The number of rotatable bonds is 3. The lowest BCUT2D eigenvalue weighted by atomic mass is 9.43. The second-order valence-corrected chi connectivity index (χ2v) is 9.53. The number of hydrogen-bond acceptors (Lipinski definition) is 8. The van der Waals surface area contributed by atoms with E-state index >= 15 is 0 Å². The van der Waals surface area contributed by atoms with E-state index in [9.17, 15) is 19.2 Å². The molecule has 168 valence electrons. The summed E-state index contributed by atoms with van der Waals surface area (Å²) in [6, 6.07) is 1.74. The van der Waals surface area contributed by atoms with Crippen LogP contribution in [0.5, 0.6) is 0 Å². The molecular formula is C23H28O8. The highest BCUT2D eigenvalue weighted by molar-refractivity contribution is 5.93. The van der Waals surface area contributed by atoms with Gasteiger partial charge < -0.3 is 18.6 Å². The van der Waals surface area contributed by atoms with Gasteiger partial charge in [-0.2, -0.15) is 0 Å². The van der Waals surface area contributed by atoms with Gasteiger partial charge in [-0.3, -0.25) is 19.2 Å². The number of hydrogen-bond donors (Lipinski definition) is 0. The molecule has 4 rings (SSSR count). The average Bonchev–Trinajstić information content (AvgIpc) is 3.23. The van der Waals surface area contributed by atoms with Gasteiger partial charge in [0.25, 0.3) is 0 Å². The summed E-state index contributed by atoms with van der Waals surface area (Å²) in [4.78, 5) is 51.2. The van der Waals surface area contributed by atoms with Crippen LogP contribution < -0.4 is 0 Å². The number of fused-ring (bicyclic) bond motifs is 3. The van der Waals surface area contributed by atoms with Crippen LogP contribution >= 0.6 is 0 Å². The van der Waals surface area contributed by atoms with Crippen molar-refractivity contribution in [2.24, 2.45) is 28.6 Å². The number of furan rings is 1. The first-order chi connectivity index (χ1) is 14.6. The SMILES string of the molecule is COC(=O)[C@H]1C[C@H](OC(C)=O)C(=O)[C@@H]2[C@]1(C)CC[C@H]1C(=O)O[C@H](c3ccoc3)C[C@]21C. The Bertz CT molecular complexity index is 905. The summed E-state index contributed by atoms with van der Waals surface area (Å²) >= 11 is 0. The van der Waals surface area contributed by atoms with Gasteiger partial charge in [0.2, 0.25) is 0 Å². The number of esters is 3. The summed E-state index contributed by atoms with van der Waals surface area (Å²) in [6.45, 7) is 5.09. The molecule has 0 unspecified atom stereocenters. The van der Waals surface area contributed by atoms with E-state index in [1.165, 1.54) is 26.6 Å². The second-order valence-electron chi connectivity index (χ2n) is 9.53. The van der Waals surface area contributed by atoms with Gasteiger partial charge in [-0.1, -0.05) is 13.8 Å². The number of ether oxygens (including phenoxy) is 3. The fourth-order valence-corrected chi connectivity index (χ4v) is 6.46. The zero-order chi connectivity index (χ0) is 22.6. The van der Waals surface area contributed by atoms with Crippen molar-refractivity contribution in [1.29, 1.82) is 0 Å². The van der Waals surface area contributed by atoms with Gasteiger partial charge in [0.05, 0.1) is 31.5 Å². The highest BCUT2D eigenvalue weighted by Gasteiger charge is 2.67. The first-order valence-electron chi connectivity index (χ1n) is 10.6. The van der Waals surface area contributed by atoms with Crippen LogP contribution in [0, 0.1) is 28.6 Å². The molecular weight excluding hydrogens is 404 g/mol. The van der Waals surface area contributed by atoms with Crippen molar-refractivity contribution < 1.29 is 37.8 Å². The molecule has 0 radical (unpaired) electrons. The molecule has 1 aliphatic heterocycles. The highest BCUT2D eigenvalue weighted by atomic mass is 16.6. The van der Waals surface area contributed by atoms with Crippen molar-refractivity contribution in [3.8, 4) is 0 Å². The number of carbonyl (C=O) groups is 4. The molecule has 1 saturated heterocycles. The predicted molar refractivity (Wildman–Crippen MR) is 105 cm³/mol. The van der Waals surface area contributed by atoms with Gasteiger partial charge in [-0.15, -0.1) is 0 Å². The molecule has 7 atom stereocenters. The van der Waals surface area contributed by atoms with Crippen LogP contribution in [-0.4, -0.2) is 36.9 Å². The largest absolute Gasteiger partial charge is 0.472 e. The molecule has 0 aromatic carbocycles. The Kier molecular flexibility index (Phi) is 5.22. The van der Waals surface area contributed by atoms with Gasteiger partial charge in [-0.25, -0.2) is 0 Å². The van der Waals surface area contributed by atoms with E-state index in [1.807, 2.05) is 13.8 Å². The lowest BCUT2D eigenvalue weighted by Gasteiger charge is -2.60. The molecule has 0 amide bonds. The standard InChI is InChI=1S/C23H28O8/c1-12(24)30-16-9-15(20(26)28-4)22(2)7-5-14-21(27)31-17(13-6-8-29-11-13)10-23(14,3)19(22)18(16)25/h6,8,11,14-17,19H,5,7,9-10H2,1-4H3/t14-,15+,16-,17-,19+,22+,23-/m0/s1. The topological polar surface area (TPSA) is 109 Å². The minimum atomic E-state index is -1.04. The fraction of sp³-hybridized carbons (Fsp3) is 0.652. The van der Waals surface area contributed by atoms with E-state index in [4.69, 9.17) is 18.6 Å². The fourth-order valence-electron chi connectivity index (χ4n) is 6.46. The molecule has 0 spiro atoms. The van der Waals surface area contributed by atoms with Crippen LogP contribution in [0.1, 0.15) is 58.1 Å². The van der Waals surface area contributed by atoms with Gasteiger partial charge in [-0.05, 0) is 36.2 Å². The van der Waals surface area contributed by atoms with Crippen LogP contribution in [0.3, 0.4) is 0 Å². The molecule has 31 heavy (non-hydrogen) atoms. The van der Waals surface area contributed by atoms with Crippen molar-refractivity contribution in [3.63, 3.8) is 0 Å². The van der Waals surface area contributed by atoms with E-state index < -0.39 is 52.7 Å². The Morgan fingerprint density at radius 3 is 2.55 bits per heavy atom. The molecule has 1 aromatic heterocycles. The Morgan fingerprint density at radius 2 is 1.94 bits per heavy atom. The van der Waals surface area contributed by atoms with Crippen LogP contribution in [-0.2, 0) is 33.4 Å². The summed E-state index contributed by atoms with van der Waals surface area (Å²) in [7, 11) is 1.32. The zero-order valence-corrected chi connectivity index (χ0v) is 18.2. The number of Topliss-reactive ketones (excluding diaryl/α,β-unsaturated/α-hetero) is 1. The van der Waals surface area contributed by atoms with Gasteiger partial charge >= 0.3 is 17.9 Å². The van der Waals surface area contributed by atoms with Gasteiger partial charge in [0.15, 0.2) is 11.9 Å². The Morgan fingerprint density at radius 1 is 1.19 bits per heavy atom. The third kappa shape index (κ3) is 3.27. The number of cyclic esters (lactones) is 1. The lowest BCUT2D eigenvalue weighted by Crippen LogP contribution is -2.64. The zero-order valence-electron chi connectivity index (χ0n) is 18.2. The number of ketones is 1. The van der Waals surface area contributed by atoms with E-state index in [0.717, 1.165) is 5.56 Å². The second kappa shape index (κ2) is 7.50. The van der Waals surface area contributed by atoms with Gasteiger partial charge in [0.1, 0.15) is 6.10 Å². The van der Waals surface area contributed by atoms with Gasteiger partial charge in [0, 0.05) is 24.8 Å². The Hall–Kier alpha value is -2.64. The summed E-state index contributed by atoms with van der Waals surface area (Å²) in [5.41, 5.74) is -0.763. The number of methoxy groups -OCH3 is 1. The molecule has 3 fully saturated rings. The molecule has 0 bridgehead atoms. The van der Waals surface area contributed by atoms with Crippen LogP contribution in [0.15, 0.2) is 23.0 Å². The quantitative estimate of drug-likeness (QED) is 0.530. The van der Waals surface area contributed by atoms with Crippen LogP contribution in [0.25, 0.3) is 0 Å². The molecule has 0 N–H and O–H groups in total. The highest BCUT2D eigenvalue weighted by Crippen LogP contribution is 2.65. The lowest BCUT2D eigenvalue weighted by molar-refractivity contribution is -0.210. The Balaban J connectivity index is 1.80. The molecule has 2 saturated carbocycles. The maximum atomic E-state index is 13.7. The van der Waals surface area contributed by atoms with E-state index in [0.29, 0.717) is 19.3 Å². The Labute approximate surface area is 180 Å². The molecule has 2 heterocycles. The van der Waals surface area contributed by atoms with E-state index in [2.05, 4.69) is 0 Å². The summed E-state index contributed by atoms with van der Waals surface area (Å²) in [6.07, 6.45) is 2.98. The third-order valence-corrected chi connectivity index (χ3v) is 7.81. The average molecular weight is 432 g/mol.